The van der Waals surface area contributed by atoms with E-state index in [1.54, 1.807) is 29.2 Å². The Labute approximate surface area is 127 Å². The van der Waals surface area contributed by atoms with E-state index in [-0.39, 0.29) is 5.91 Å². The van der Waals surface area contributed by atoms with E-state index in [0.717, 1.165) is 16.2 Å². The van der Waals surface area contributed by atoms with Crippen LogP contribution in [0.3, 0.4) is 0 Å². The highest BCUT2D eigenvalue weighted by Gasteiger charge is 2.19. The average molecular weight is 313 g/mol. The van der Waals surface area contributed by atoms with E-state index in [9.17, 15) is 9.59 Å². The van der Waals surface area contributed by atoms with Crippen LogP contribution in [0.1, 0.15) is 16.9 Å². The maximum atomic E-state index is 11.8. The van der Waals surface area contributed by atoms with Crippen LogP contribution in [0.25, 0.3) is 6.08 Å². The summed E-state index contributed by atoms with van der Waals surface area (Å²) in [5, 5.41) is 4.65. The number of thioether (sulfide) groups is 1. The van der Waals surface area contributed by atoms with E-state index in [1.165, 1.54) is 13.2 Å². The van der Waals surface area contributed by atoms with Gasteiger partial charge in [0.25, 0.3) is 0 Å². The number of hydrogen-bond acceptors (Lipinski definition) is 5. The lowest BCUT2D eigenvalue weighted by atomic mass is 10.2. The average Bonchev–Trinajstić information content (AvgIpc) is 2.85. The molecule has 1 N–H and O–H groups in total. The fourth-order valence-corrected chi connectivity index (χ4v) is 2.84. The van der Waals surface area contributed by atoms with Gasteiger partial charge in [0, 0.05) is 11.0 Å². The van der Waals surface area contributed by atoms with Crippen LogP contribution >= 0.6 is 23.1 Å². The molecule has 0 spiro atoms. The topological polar surface area (TPSA) is 55.4 Å². The summed E-state index contributed by atoms with van der Waals surface area (Å²) >= 11 is 3.20. The number of amides is 1. The molecule has 0 saturated heterocycles. The van der Waals surface area contributed by atoms with Crippen molar-refractivity contribution in [1.82, 2.24) is 5.32 Å². The Morgan fingerprint density at radius 3 is 2.85 bits per heavy atom. The SMILES string of the molecule is COC(=O)[C@H](CCSC)NC(=O)/C=C/c1sccc1C. The Bertz CT molecular complexity index is 483. The first-order chi connectivity index (χ1) is 9.58. The third-order valence-electron chi connectivity index (χ3n) is 2.70. The van der Waals surface area contributed by atoms with Gasteiger partial charge in [-0.1, -0.05) is 0 Å². The molecule has 0 aliphatic heterocycles. The Balaban J connectivity index is 2.59. The largest absolute Gasteiger partial charge is 0.467 e. The van der Waals surface area contributed by atoms with Crippen molar-refractivity contribution in [2.75, 3.05) is 19.1 Å². The van der Waals surface area contributed by atoms with Crippen LogP contribution in [0.15, 0.2) is 17.5 Å². The number of carbonyl (C=O) groups is 2. The fraction of sp³-hybridized carbons (Fsp3) is 0.429. The molecule has 0 radical (unpaired) electrons. The lowest BCUT2D eigenvalue weighted by molar-refractivity contribution is -0.144. The van der Waals surface area contributed by atoms with Gasteiger partial charge in [-0.05, 0) is 48.4 Å². The third kappa shape index (κ3) is 5.38. The van der Waals surface area contributed by atoms with Crippen LogP contribution in [0.5, 0.6) is 0 Å². The molecular formula is C14H19NO3S2. The van der Waals surface area contributed by atoms with Crippen molar-refractivity contribution in [3.8, 4) is 0 Å². The highest BCUT2D eigenvalue weighted by molar-refractivity contribution is 7.98. The highest BCUT2D eigenvalue weighted by atomic mass is 32.2. The molecule has 0 fully saturated rings. The normalized spacial score (nSPS) is 12.3. The molecule has 1 rings (SSSR count). The van der Waals surface area contributed by atoms with E-state index in [1.807, 2.05) is 24.6 Å². The number of nitrogens with one attached hydrogen (secondary N) is 1. The summed E-state index contributed by atoms with van der Waals surface area (Å²) in [4.78, 5) is 24.4. The van der Waals surface area contributed by atoms with Crippen LogP contribution in [-0.4, -0.2) is 37.0 Å². The summed E-state index contributed by atoms with van der Waals surface area (Å²) in [6, 6.07) is 1.41. The van der Waals surface area contributed by atoms with Crippen LogP contribution in [0.4, 0.5) is 0 Å². The summed E-state index contributed by atoms with van der Waals surface area (Å²) < 4.78 is 4.69. The first-order valence-electron chi connectivity index (χ1n) is 6.18. The van der Waals surface area contributed by atoms with Crippen molar-refractivity contribution in [2.45, 2.75) is 19.4 Å². The number of carbonyl (C=O) groups excluding carboxylic acids is 2. The highest BCUT2D eigenvalue weighted by Crippen LogP contribution is 2.16. The minimum absolute atomic E-state index is 0.283. The Hall–Kier alpha value is -1.27. The van der Waals surface area contributed by atoms with Crippen LogP contribution < -0.4 is 5.32 Å². The Morgan fingerprint density at radius 1 is 1.55 bits per heavy atom. The van der Waals surface area contributed by atoms with Gasteiger partial charge in [0.15, 0.2) is 0 Å². The van der Waals surface area contributed by atoms with Crippen molar-refractivity contribution in [3.63, 3.8) is 0 Å². The molecule has 1 aromatic rings. The summed E-state index contributed by atoms with van der Waals surface area (Å²) in [6.07, 6.45) is 5.73. The van der Waals surface area contributed by atoms with Gasteiger partial charge in [0.05, 0.1) is 7.11 Å². The van der Waals surface area contributed by atoms with Crippen molar-refractivity contribution in [3.05, 3.63) is 28.0 Å². The van der Waals surface area contributed by atoms with Crippen LogP contribution in [0.2, 0.25) is 0 Å². The van der Waals surface area contributed by atoms with Gasteiger partial charge in [-0.3, -0.25) is 4.79 Å². The number of thiophene rings is 1. The van der Waals surface area contributed by atoms with E-state index in [0.29, 0.717) is 6.42 Å². The molecule has 0 aliphatic rings. The van der Waals surface area contributed by atoms with Crippen LogP contribution in [0, 0.1) is 6.92 Å². The number of methoxy groups -OCH3 is 1. The summed E-state index contributed by atoms with van der Waals surface area (Å²) in [5.74, 6) is 0.0933. The second-order valence-electron chi connectivity index (χ2n) is 4.17. The van der Waals surface area contributed by atoms with Gasteiger partial charge in [-0.25, -0.2) is 4.79 Å². The second kappa shape index (κ2) is 8.81. The zero-order valence-corrected chi connectivity index (χ0v) is 13.5. The molecule has 20 heavy (non-hydrogen) atoms. The number of hydrogen-bond donors (Lipinski definition) is 1. The zero-order valence-electron chi connectivity index (χ0n) is 11.8. The van der Waals surface area contributed by atoms with Gasteiger partial charge in [-0.2, -0.15) is 11.8 Å². The smallest absolute Gasteiger partial charge is 0.328 e. The van der Waals surface area contributed by atoms with Crippen molar-refractivity contribution >= 4 is 41.1 Å². The Kier molecular flexibility index (Phi) is 7.40. The fourth-order valence-electron chi connectivity index (χ4n) is 1.55. The standard InChI is InChI=1S/C14H19NO3S2/c1-10-6-9-20-12(10)4-5-13(16)15-11(7-8-19-3)14(17)18-2/h4-6,9,11H,7-8H2,1-3H3,(H,15,16)/b5-4+/t11-/m0/s1. The predicted octanol–water partition coefficient (Wildman–Crippen LogP) is 2.48. The van der Waals surface area contributed by atoms with Gasteiger partial charge in [0.1, 0.15) is 6.04 Å². The lowest BCUT2D eigenvalue weighted by Crippen LogP contribution is -2.41. The summed E-state index contributed by atoms with van der Waals surface area (Å²) in [6.45, 7) is 1.99. The monoisotopic (exact) mass is 313 g/mol. The molecular weight excluding hydrogens is 294 g/mol. The first kappa shape index (κ1) is 16.8. The van der Waals surface area contributed by atoms with E-state index in [4.69, 9.17) is 4.74 Å². The van der Waals surface area contributed by atoms with E-state index < -0.39 is 12.0 Å². The van der Waals surface area contributed by atoms with Gasteiger partial charge < -0.3 is 10.1 Å². The molecule has 110 valence electrons. The molecule has 0 bridgehead atoms. The molecule has 0 aromatic carbocycles. The van der Waals surface area contributed by atoms with Crippen molar-refractivity contribution in [2.24, 2.45) is 0 Å². The van der Waals surface area contributed by atoms with E-state index in [2.05, 4.69) is 5.32 Å². The van der Waals surface area contributed by atoms with E-state index >= 15 is 0 Å². The number of ether oxygens (including phenoxy) is 1. The minimum Gasteiger partial charge on any atom is -0.467 e. The molecule has 1 amide bonds. The Morgan fingerprint density at radius 2 is 2.30 bits per heavy atom. The summed E-state index contributed by atoms with van der Waals surface area (Å²) in [5.41, 5.74) is 1.13. The quantitative estimate of drug-likeness (QED) is 0.621. The van der Waals surface area contributed by atoms with Crippen molar-refractivity contribution < 1.29 is 14.3 Å². The molecule has 1 atom stereocenters. The molecule has 4 nitrogen and oxygen atoms in total. The van der Waals surface area contributed by atoms with Gasteiger partial charge in [-0.15, -0.1) is 11.3 Å². The van der Waals surface area contributed by atoms with Gasteiger partial charge >= 0.3 is 5.97 Å². The van der Waals surface area contributed by atoms with Crippen LogP contribution in [-0.2, 0) is 14.3 Å². The number of rotatable bonds is 7. The second-order valence-corrected chi connectivity index (χ2v) is 6.10. The van der Waals surface area contributed by atoms with Crippen molar-refractivity contribution in [1.29, 1.82) is 0 Å². The molecule has 0 unspecified atom stereocenters. The molecule has 0 saturated carbocycles. The predicted molar refractivity (Wildman–Crippen MR) is 85.0 cm³/mol. The lowest BCUT2D eigenvalue weighted by Gasteiger charge is -2.14. The first-order valence-corrected chi connectivity index (χ1v) is 8.45. The molecule has 6 heteroatoms. The molecule has 1 heterocycles. The maximum absolute atomic E-state index is 11.8. The maximum Gasteiger partial charge on any atom is 0.328 e. The minimum atomic E-state index is -0.589. The number of aryl methyl sites for hydroxylation is 1. The zero-order chi connectivity index (χ0) is 15.0. The number of esters is 1. The molecule has 0 aliphatic carbocycles. The summed E-state index contributed by atoms with van der Waals surface area (Å²) in [7, 11) is 1.32. The van der Waals surface area contributed by atoms with Gasteiger partial charge in [0.2, 0.25) is 5.91 Å². The third-order valence-corrected chi connectivity index (χ3v) is 4.33. The molecule has 1 aromatic heterocycles.